The maximum atomic E-state index is 9.38. The molecule has 0 saturated heterocycles. The molecule has 0 amide bonds. The second-order valence-electron chi connectivity index (χ2n) is 7.02. The van der Waals surface area contributed by atoms with Crippen molar-refractivity contribution in [1.29, 1.82) is 5.26 Å². The molecule has 3 aromatic rings. The zero-order valence-corrected chi connectivity index (χ0v) is 14.9. The predicted octanol–water partition coefficient (Wildman–Crippen LogP) is 4.57. The molecular formula is C23H23N3. The Balaban J connectivity index is 1.51. The zero-order valence-electron chi connectivity index (χ0n) is 14.9. The molecule has 0 bridgehead atoms. The van der Waals surface area contributed by atoms with E-state index in [-0.39, 0.29) is 0 Å². The third kappa shape index (κ3) is 3.87. The normalized spacial score (nSPS) is 13.7. The van der Waals surface area contributed by atoms with Crippen molar-refractivity contribution in [3.05, 3.63) is 95.3 Å². The molecule has 1 aliphatic rings. The lowest BCUT2D eigenvalue weighted by molar-refractivity contribution is 0.239. The van der Waals surface area contributed by atoms with Crippen LogP contribution >= 0.6 is 0 Å². The summed E-state index contributed by atoms with van der Waals surface area (Å²) in [5.41, 5.74) is 4.56. The lowest BCUT2D eigenvalue weighted by Gasteiger charge is -2.23. The van der Waals surface area contributed by atoms with Crippen molar-refractivity contribution in [1.82, 2.24) is 9.47 Å². The first-order valence-corrected chi connectivity index (χ1v) is 9.23. The van der Waals surface area contributed by atoms with E-state index >= 15 is 0 Å². The molecule has 1 saturated carbocycles. The molecule has 0 unspecified atom stereocenters. The van der Waals surface area contributed by atoms with Crippen molar-refractivity contribution < 1.29 is 0 Å². The fourth-order valence-electron chi connectivity index (χ4n) is 3.48. The summed E-state index contributed by atoms with van der Waals surface area (Å²) in [7, 11) is 0. The van der Waals surface area contributed by atoms with E-state index in [2.05, 4.69) is 70.3 Å². The maximum absolute atomic E-state index is 9.38. The molecule has 1 fully saturated rings. The van der Waals surface area contributed by atoms with Crippen LogP contribution in [-0.2, 0) is 19.6 Å². The maximum Gasteiger partial charge on any atom is 0.0995 e. The molecule has 1 aromatic heterocycles. The van der Waals surface area contributed by atoms with Crippen LogP contribution in [0.1, 0.15) is 35.2 Å². The van der Waals surface area contributed by atoms with Gasteiger partial charge in [0.25, 0.3) is 0 Å². The average Bonchev–Trinajstić information content (AvgIpc) is 3.44. The smallest absolute Gasteiger partial charge is 0.0995 e. The minimum atomic E-state index is 0.641. The van der Waals surface area contributed by atoms with Crippen molar-refractivity contribution >= 4 is 0 Å². The van der Waals surface area contributed by atoms with Crippen molar-refractivity contribution in [2.24, 2.45) is 0 Å². The van der Waals surface area contributed by atoms with Gasteiger partial charge in [-0.05, 0) is 42.2 Å². The van der Waals surface area contributed by atoms with E-state index in [0.717, 1.165) is 30.8 Å². The number of nitriles is 1. The molecule has 1 heterocycles. The van der Waals surface area contributed by atoms with Crippen molar-refractivity contribution in [3.8, 4) is 6.07 Å². The summed E-state index contributed by atoms with van der Waals surface area (Å²) in [6.45, 7) is 2.66. The van der Waals surface area contributed by atoms with Gasteiger partial charge in [-0.25, -0.2) is 0 Å². The quantitative estimate of drug-likeness (QED) is 0.630. The van der Waals surface area contributed by atoms with Crippen LogP contribution in [0.2, 0.25) is 0 Å². The van der Waals surface area contributed by atoms with Gasteiger partial charge in [-0.3, -0.25) is 4.90 Å². The van der Waals surface area contributed by atoms with Gasteiger partial charge >= 0.3 is 0 Å². The molecule has 3 heteroatoms. The molecule has 3 nitrogen and oxygen atoms in total. The van der Waals surface area contributed by atoms with Gasteiger partial charge in [0.2, 0.25) is 0 Å². The standard InChI is InChI=1S/C23H23N3/c24-15-20-9-4-5-10-21(20)17-26(22-12-13-22)18-23-11-6-14-25(23)16-19-7-2-1-3-8-19/h1-11,14,22H,12-13,16-18H2. The lowest BCUT2D eigenvalue weighted by Crippen LogP contribution is -2.26. The van der Waals surface area contributed by atoms with E-state index in [0.29, 0.717) is 6.04 Å². The van der Waals surface area contributed by atoms with E-state index < -0.39 is 0 Å². The number of rotatable bonds is 7. The minimum Gasteiger partial charge on any atom is -0.346 e. The second-order valence-corrected chi connectivity index (χ2v) is 7.02. The first kappa shape index (κ1) is 16.6. The zero-order chi connectivity index (χ0) is 17.8. The van der Waals surface area contributed by atoms with Crippen LogP contribution in [-0.4, -0.2) is 15.5 Å². The highest BCUT2D eigenvalue weighted by Gasteiger charge is 2.29. The molecule has 1 aliphatic carbocycles. The lowest BCUT2D eigenvalue weighted by atomic mass is 10.1. The van der Waals surface area contributed by atoms with Crippen LogP contribution in [0.15, 0.2) is 72.9 Å². The van der Waals surface area contributed by atoms with E-state index in [1.165, 1.54) is 24.1 Å². The highest BCUT2D eigenvalue weighted by Crippen LogP contribution is 2.30. The Hall–Kier alpha value is -2.83. The largest absolute Gasteiger partial charge is 0.346 e. The van der Waals surface area contributed by atoms with Crippen LogP contribution in [0.25, 0.3) is 0 Å². The van der Waals surface area contributed by atoms with E-state index in [1.54, 1.807) is 0 Å². The second kappa shape index (κ2) is 7.59. The molecule has 0 aliphatic heterocycles. The molecule has 2 aromatic carbocycles. The summed E-state index contributed by atoms with van der Waals surface area (Å²) in [5.74, 6) is 0. The number of aromatic nitrogens is 1. The highest BCUT2D eigenvalue weighted by molar-refractivity contribution is 5.37. The fourth-order valence-corrected chi connectivity index (χ4v) is 3.48. The van der Waals surface area contributed by atoms with E-state index in [9.17, 15) is 5.26 Å². The summed E-state index contributed by atoms with van der Waals surface area (Å²) in [4.78, 5) is 2.52. The molecule has 0 N–H and O–H groups in total. The molecule has 26 heavy (non-hydrogen) atoms. The van der Waals surface area contributed by atoms with E-state index in [1.807, 2.05) is 18.2 Å². The van der Waals surface area contributed by atoms with Crippen LogP contribution in [0.3, 0.4) is 0 Å². The molecule has 130 valence electrons. The highest BCUT2D eigenvalue weighted by atomic mass is 15.2. The fraction of sp³-hybridized carbons (Fsp3) is 0.261. The molecular weight excluding hydrogens is 318 g/mol. The van der Waals surface area contributed by atoms with Crippen LogP contribution in [0.5, 0.6) is 0 Å². The Morgan fingerprint density at radius 1 is 0.923 bits per heavy atom. The third-order valence-corrected chi connectivity index (χ3v) is 5.06. The topological polar surface area (TPSA) is 32.0 Å². The first-order valence-electron chi connectivity index (χ1n) is 9.23. The molecule has 0 radical (unpaired) electrons. The Bertz CT molecular complexity index is 900. The first-order chi connectivity index (χ1) is 12.8. The van der Waals surface area contributed by atoms with Gasteiger partial charge in [-0.15, -0.1) is 0 Å². The Morgan fingerprint density at radius 3 is 2.46 bits per heavy atom. The Morgan fingerprint density at radius 2 is 1.69 bits per heavy atom. The summed E-state index contributed by atoms with van der Waals surface area (Å²) >= 11 is 0. The van der Waals surface area contributed by atoms with Crippen molar-refractivity contribution in [2.75, 3.05) is 0 Å². The molecule has 0 spiro atoms. The van der Waals surface area contributed by atoms with Gasteiger partial charge in [0.1, 0.15) is 0 Å². The summed E-state index contributed by atoms with van der Waals surface area (Å²) < 4.78 is 2.33. The number of hydrogen-bond acceptors (Lipinski definition) is 2. The number of hydrogen-bond donors (Lipinski definition) is 0. The SMILES string of the molecule is N#Cc1ccccc1CN(Cc1cccn1Cc1ccccc1)C1CC1. The number of nitrogens with zero attached hydrogens (tertiary/aromatic N) is 3. The number of benzene rings is 2. The van der Waals surface area contributed by atoms with E-state index in [4.69, 9.17) is 0 Å². The van der Waals surface area contributed by atoms with Gasteiger partial charge in [-0.1, -0.05) is 48.5 Å². The monoisotopic (exact) mass is 341 g/mol. The molecule has 4 rings (SSSR count). The van der Waals surface area contributed by atoms with Crippen LogP contribution in [0.4, 0.5) is 0 Å². The summed E-state index contributed by atoms with van der Waals surface area (Å²) in [5, 5.41) is 9.38. The van der Waals surface area contributed by atoms with Gasteiger partial charge in [0.15, 0.2) is 0 Å². The molecule has 0 atom stereocenters. The van der Waals surface area contributed by atoms with Crippen molar-refractivity contribution in [2.45, 2.75) is 38.5 Å². The van der Waals surface area contributed by atoms with Crippen LogP contribution < -0.4 is 0 Å². The van der Waals surface area contributed by atoms with Gasteiger partial charge in [-0.2, -0.15) is 5.26 Å². The summed E-state index contributed by atoms with van der Waals surface area (Å²) in [6, 6.07) is 25.9. The minimum absolute atomic E-state index is 0.641. The van der Waals surface area contributed by atoms with Crippen LogP contribution in [0, 0.1) is 11.3 Å². The van der Waals surface area contributed by atoms with Gasteiger partial charge < -0.3 is 4.57 Å². The van der Waals surface area contributed by atoms with Gasteiger partial charge in [0, 0.05) is 37.6 Å². The predicted molar refractivity (Wildman–Crippen MR) is 103 cm³/mol. The average molecular weight is 341 g/mol. The Kier molecular flexibility index (Phi) is 4.86. The van der Waals surface area contributed by atoms with Gasteiger partial charge in [0.05, 0.1) is 11.6 Å². The summed E-state index contributed by atoms with van der Waals surface area (Å²) in [6.07, 6.45) is 4.68. The third-order valence-electron chi connectivity index (χ3n) is 5.06. The van der Waals surface area contributed by atoms with Crippen molar-refractivity contribution in [3.63, 3.8) is 0 Å². The Labute approximate surface area is 155 Å².